The zero-order valence-corrected chi connectivity index (χ0v) is 10.8. The normalized spacial score (nSPS) is 10.8. The maximum absolute atomic E-state index is 10.9. The molecule has 0 fully saturated rings. The Balaban J connectivity index is 1.95. The number of aromatic nitrogens is 4. The molecule has 0 amide bonds. The van der Waals surface area contributed by atoms with Crippen LogP contribution in [0.5, 0.6) is 0 Å². The first-order chi connectivity index (χ1) is 9.65. The summed E-state index contributed by atoms with van der Waals surface area (Å²) in [5, 5.41) is 17.5. The van der Waals surface area contributed by atoms with E-state index in [2.05, 4.69) is 15.3 Å². The molecule has 2 aromatic heterocycles. The number of nitrogens with zero attached hydrogens (tertiary/aromatic N) is 4. The molecule has 100 valence electrons. The first-order valence-corrected chi connectivity index (χ1v) is 6.13. The van der Waals surface area contributed by atoms with Crippen LogP contribution in [0.2, 0.25) is 0 Å². The number of carbonyl (C=O) groups is 1. The summed E-state index contributed by atoms with van der Waals surface area (Å²) in [6.45, 7) is 2.08. The quantitative estimate of drug-likeness (QED) is 0.784. The lowest BCUT2D eigenvalue weighted by Gasteiger charge is -2.04. The van der Waals surface area contributed by atoms with Crippen LogP contribution in [0.25, 0.3) is 10.9 Å². The Morgan fingerprint density at radius 1 is 1.25 bits per heavy atom. The molecule has 0 atom stereocenters. The molecule has 0 aliphatic carbocycles. The third kappa shape index (κ3) is 2.11. The highest BCUT2D eigenvalue weighted by atomic mass is 16.4. The van der Waals surface area contributed by atoms with E-state index < -0.39 is 5.97 Å². The van der Waals surface area contributed by atoms with E-state index in [4.69, 9.17) is 5.11 Å². The number of carboxylic acids is 1. The van der Waals surface area contributed by atoms with Gasteiger partial charge in [-0.05, 0) is 19.1 Å². The summed E-state index contributed by atoms with van der Waals surface area (Å²) >= 11 is 0. The number of fused-ring (bicyclic) bond motifs is 1. The molecule has 0 aliphatic rings. The van der Waals surface area contributed by atoms with Crippen LogP contribution in [0.3, 0.4) is 0 Å². The molecule has 0 spiro atoms. The maximum Gasteiger partial charge on any atom is 0.358 e. The molecule has 1 aromatic carbocycles. The van der Waals surface area contributed by atoms with E-state index in [0.717, 1.165) is 16.6 Å². The van der Waals surface area contributed by atoms with Crippen LogP contribution in [0.15, 0.2) is 36.4 Å². The lowest BCUT2D eigenvalue weighted by Crippen LogP contribution is -2.07. The van der Waals surface area contributed by atoms with Crippen molar-refractivity contribution >= 4 is 16.9 Å². The minimum atomic E-state index is -1.07. The highest BCUT2D eigenvalue weighted by Gasteiger charge is 2.15. The molecule has 0 bridgehead atoms. The first kappa shape index (κ1) is 12.3. The SMILES string of the molecule is Cc1c(C(=O)O)nnn1Cc1ccc2ccccc2n1. The van der Waals surface area contributed by atoms with Crippen molar-refractivity contribution in [1.29, 1.82) is 0 Å². The summed E-state index contributed by atoms with van der Waals surface area (Å²) in [5.41, 5.74) is 2.22. The average Bonchev–Trinajstić information content (AvgIpc) is 2.80. The minimum Gasteiger partial charge on any atom is -0.476 e. The van der Waals surface area contributed by atoms with Gasteiger partial charge in [-0.1, -0.05) is 29.5 Å². The van der Waals surface area contributed by atoms with Crippen LogP contribution in [0, 0.1) is 6.92 Å². The van der Waals surface area contributed by atoms with Crippen LogP contribution in [0.4, 0.5) is 0 Å². The Bertz CT molecular complexity index is 795. The summed E-state index contributed by atoms with van der Waals surface area (Å²) in [6, 6.07) is 11.7. The molecule has 3 rings (SSSR count). The Labute approximate surface area is 114 Å². The topological polar surface area (TPSA) is 80.9 Å². The largest absolute Gasteiger partial charge is 0.476 e. The predicted octanol–water partition coefficient (Wildman–Crippen LogP) is 1.88. The molecule has 0 radical (unpaired) electrons. The van der Waals surface area contributed by atoms with Gasteiger partial charge in [0.1, 0.15) is 0 Å². The van der Waals surface area contributed by atoms with E-state index in [0.29, 0.717) is 12.2 Å². The summed E-state index contributed by atoms with van der Waals surface area (Å²) < 4.78 is 1.54. The smallest absolute Gasteiger partial charge is 0.358 e. The van der Waals surface area contributed by atoms with Gasteiger partial charge >= 0.3 is 5.97 Å². The third-order valence-electron chi connectivity index (χ3n) is 3.15. The van der Waals surface area contributed by atoms with E-state index in [1.165, 1.54) is 0 Å². The number of benzene rings is 1. The van der Waals surface area contributed by atoms with Gasteiger partial charge in [0.05, 0.1) is 23.4 Å². The number of para-hydroxylation sites is 1. The second-order valence-corrected chi connectivity index (χ2v) is 4.48. The Morgan fingerprint density at radius 2 is 2.05 bits per heavy atom. The Kier molecular flexibility index (Phi) is 2.90. The molecule has 20 heavy (non-hydrogen) atoms. The molecule has 0 saturated carbocycles. The molecular weight excluding hydrogens is 256 g/mol. The number of rotatable bonds is 3. The molecule has 0 aliphatic heterocycles. The van der Waals surface area contributed by atoms with E-state index in [9.17, 15) is 4.79 Å². The van der Waals surface area contributed by atoms with E-state index in [1.54, 1.807) is 11.6 Å². The van der Waals surface area contributed by atoms with Crippen LogP contribution in [-0.4, -0.2) is 31.1 Å². The molecule has 0 unspecified atom stereocenters. The van der Waals surface area contributed by atoms with Crippen LogP contribution in [0.1, 0.15) is 21.9 Å². The van der Waals surface area contributed by atoms with Gasteiger partial charge in [-0.2, -0.15) is 0 Å². The number of hydrogen-bond donors (Lipinski definition) is 1. The number of aromatic carboxylic acids is 1. The predicted molar refractivity (Wildman–Crippen MR) is 72.6 cm³/mol. The number of pyridine rings is 1. The van der Waals surface area contributed by atoms with Crippen LogP contribution in [-0.2, 0) is 6.54 Å². The highest BCUT2D eigenvalue weighted by molar-refractivity contribution is 5.86. The second-order valence-electron chi connectivity index (χ2n) is 4.48. The minimum absolute atomic E-state index is 0.0224. The van der Waals surface area contributed by atoms with Gasteiger partial charge in [-0.25, -0.2) is 9.48 Å². The van der Waals surface area contributed by atoms with Crippen molar-refractivity contribution < 1.29 is 9.90 Å². The Morgan fingerprint density at radius 3 is 2.80 bits per heavy atom. The summed E-state index contributed by atoms with van der Waals surface area (Å²) in [5.74, 6) is -1.07. The van der Waals surface area contributed by atoms with Gasteiger partial charge in [-0.3, -0.25) is 4.98 Å². The van der Waals surface area contributed by atoms with Gasteiger partial charge in [0.15, 0.2) is 5.69 Å². The van der Waals surface area contributed by atoms with E-state index in [-0.39, 0.29) is 5.69 Å². The maximum atomic E-state index is 10.9. The number of carboxylic acid groups (broad SMARTS) is 1. The van der Waals surface area contributed by atoms with E-state index in [1.807, 2.05) is 36.4 Å². The van der Waals surface area contributed by atoms with Crippen LogP contribution >= 0.6 is 0 Å². The average molecular weight is 268 g/mol. The molecule has 1 N–H and O–H groups in total. The number of hydrogen-bond acceptors (Lipinski definition) is 4. The fraction of sp³-hybridized carbons (Fsp3) is 0.143. The van der Waals surface area contributed by atoms with Gasteiger partial charge < -0.3 is 5.11 Å². The van der Waals surface area contributed by atoms with Crippen molar-refractivity contribution in [2.75, 3.05) is 0 Å². The molecule has 6 nitrogen and oxygen atoms in total. The van der Waals surface area contributed by atoms with Crippen molar-refractivity contribution in [3.63, 3.8) is 0 Å². The molecule has 3 aromatic rings. The molecule has 0 saturated heterocycles. The summed E-state index contributed by atoms with van der Waals surface area (Å²) in [4.78, 5) is 15.5. The van der Waals surface area contributed by atoms with Gasteiger partial charge in [0.25, 0.3) is 0 Å². The van der Waals surface area contributed by atoms with Crippen molar-refractivity contribution in [1.82, 2.24) is 20.0 Å². The van der Waals surface area contributed by atoms with Crippen molar-refractivity contribution in [3.05, 3.63) is 53.5 Å². The Hall–Kier alpha value is -2.76. The summed E-state index contributed by atoms with van der Waals surface area (Å²) in [6.07, 6.45) is 0. The zero-order valence-electron chi connectivity index (χ0n) is 10.8. The van der Waals surface area contributed by atoms with Crippen molar-refractivity contribution in [2.45, 2.75) is 13.5 Å². The fourth-order valence-corrected chi connectivity index (χ4v) is 2.06. The van der Waals surface area contributed by atoms with Crippen molar-refractivity contribution in [2.24, 2.45) is 0 Å². The van der Waals surface area contributed by atoms with Gasteiger partial charge in [0.2, 0.25) is 0 Å². The van der Waals surface area contributed by atoms with Crippen molar-refractivity contribution in [3.8, 4) is 0 Å². The fourth-order valence-electron chi connectivity index (χ4n) is 2.06. The molecular formula is C14H12N4O2. The zero-order chi connectivity index (χ0) is 14.1. The summed E-state index contributed by atoms with van der Waals surface area (Å²) in [7, 11) is 0. The molecule has 2 heterocycles. The lowest BCUT2D eigenvalue weighted by molar-refractivity contribution is 0.0689. The highest BCUT2D eigenvalue weighted by Crippen LogP contribution is 2.13. The lowest BCUT2D eigenvalue weighted by atomic mass is 10.2. The van der Waals surface area contributed by atoms with Gasteiger partial charge in [0, 0.05) is 5.39 Å². The molecule has 6 heteroatoms. The monoisotopic (exact) mass is 268 g/mol. The standard InChI is InChI=1S/C14H12N4O2/c1-9-13(14(19)20)16-17-18(9)8-11-7-6-10-4-2-3-5-12(10)15-11/h2-7H,8H2,1H3,(H,19,20). The van der Waals surface area contributed by atoms with E-state index >= 15 is 0 Å². The van der Waals surface area contributed by atoms with Gasteiger partial charge in [-0.15, -0.1) is 5.10 Å². The second kappa shape index (κ2) is 4.73. The first-order valence-electron chi connectivity index (χ1n) is 6.13. The third-order valence-corrected chi connectivity index (χ3v) is 3.15. The van der Waals surface area contributed by atoms with Crippen LogP contribution < -0.4 is 0 Å².